The zero-order valence-corrected chi connectivity index (χ0v) is 23.1. The van der Waals surface area contributed by atoms with Crippen molar-refractivity contribution in [3.8, 4) is 0 Å². The van der Waals surface area contributed by atoms with Crippen LogP contribution >= 0.6 is 0 Å². The Labute approximate surface area is 236 Å². The fourth-order valence-corrected chi connectivity index (χ4v) is 2.81. The average Bonchev–Trinajstić information content (AvgIpc) is 2.87. The van der Waals surface area contributed by atoms with Crippen LogP contribution in [-0.4, -0.2) is 18.9 Å². The number of allylic oxidation sites excluding steroid dienone is 2. The number of amides is 1. The maximum atomic E-state index is 10.3. The predicted molar refractivity (Wildman–Crippen MR) is 146 cm³/mol. The summed E-state index contributed by atoms with van der Waals surface area (Å²) in [6, 6.07) is 26.6. The molecule has 180 valence electrons. The molecule has 0 heterocycles. The van der Waals surface area contributed by atoms with Crippen LogP contribution < -0.4 is 35.3 Å². The molecule has 3 aromatic carbocycles. The molecule has 0 aliphatic rings. The summed E-state index contributed by atoms with van der Waals surface area (Å²) in [5.41, 5.74) is 8.97. The second-order valence-electron chi connectivity index (χ2n) is 6.77. The second kappa shape index (κ2) is 19.0. The van der Waals surface area contributed by atoms with E-state index in [-0.39, 0.29) is 29.6 Å². The molecule has 36 heavy (non-hydrogen) atoms. The van der Waals surface area contributed by atoms with E-state index in [2.05, 4.69) is 13.2 Å². The Morgan fingerprint density at radius 1 is 0.722 bits per heavy atom. The zero-order valence-electron chi connectivity index (χ0n) is 20.2. The van der Waals surface area contributed by atoms with Crippen LogP contribution in [0.15, 0.2) is 122 Å². The summed E-state index contributed by atoms with van der Waals surface area (Å²) in [4.78, 5) is 10.3. The van der Waals surface area contributed by atoms with Gasteiger partial charge < -0.3 is 10.3 Å². The third-order valence-electron chi connectivity index (χ3n) is 4.12. The van der Waals surface area contributed by atoms with E-state index in [0.717, 1.165) is 16.7 Å². The van der Waals surface area contributed by atoms with Gasteiger partial charge in [0.05, 0.1) is 0 Å². The van der Waals surface area contributed by atoms with Gasteiger partial charge in [-0.05, 0) is 28.3 Å². The van der Waals surface area contributed by atoms with Crippen LogP contribution in [0, 0.1) is 0 Å². The molecule has 3 rings (SSSR count). The molecule has 0 aromatic heterocycles. The first-order valence-corrected chi connectivity index (χ1v) is 11.9. The minimum absolute atomic E-state index is 0. The fourth-order valence-electron chi connectivity index (χ4n) is 2.49. The SMILES string of the molecule is C=Cc1ccccc1C=C.NC(=O)C=CC=Cc1ccccc1.O=S(=O)([O-])C=Cc1ccccc1.[Na+]. The molecule has 0 saturated heterocycles. The molecule has 0 unspecified atom stereocenters. The molecule has 5 nitrogen and oxygen atoms in total. The van der Waals surface area contributed by atoms with E-state index in [1.165, 1.54) is 12.2 Å². The third kappa shape index (κ3) is 16.4. The first kappa shape index (κ1) is 32.7. The van der Waals surface area contributed by atoms with Crippen molar-refractivity contribution in [2.75, 3.05) is 0 Å². The minimum atomic E-state index is -4.25. The molecule has 1 amide bonds. The number of primary amides is 1. The molecule has 0 saturated carbocycles. The van der Waals surface area contributed by atoms with Crippen molar-refractivity contribution in [2.24, 2.45) is 5.73 Å². The molecule has 0 aliphatic carbocycles. The van der Waals surface area contributed by atoms with Crippen LogP contribution in [0.5, 0.6) is 0 Å². The van der Waals surface area contributed by atoms with Crippen LogP contribution in [0.2, 0.25) is 0 Å². The molecule has 2 N–H and O–H groups in total. The van der Waals surface area contributed by atoms with Crippen LogP contribution in [0.4, 0.5) is 0 Å². The predicted octanol–water partition coefficient (Wildman–Crippen LogP) is 2.92. The van der Waals surface area contributed by atoms with Crippen molar-refractivity contribution < 1.29 is 47.3 Å². The van der Waals surface area contributed by atoms with Crippen LogP contribution in [0.3, 0.4) is 0 Å². The van der Waals surface area contributed by atoms with Gasteiger partial charge in [-0.25, -0.2) is 8.42 Å². The van der Waals surface area contributed by atoms with Gasteiger partial charge in [0, 0.05) is 11.5 Å². The summed E-state index contributed by atoms with van der Waals surface area (Å²) >= 11 is 0. The molecular weight excluding hydrogens is 481 g/mol. The van der Waals surface area contributed by atoms with Gasteiger partial charge in [0.2, 0.25) is 5.91 Å². The Bertz CT molecular complexity index is 1240. The quantitative estimate of drug-likeness (QED) is 0.229. The van der Waals surface area contributed by atoms with E-state index >= 15 is 0 Å². The van der Waals surface area contributed by atoms with E-state index in [4.69, 9.17) is 5.73 Å². The van der Waals surface area contributed by atoms with E-state index in [1.54, 1.807) is 36.4 Å². The van der Waals surface area contributed by atoms with E-state index < -0.39 is 16.0 Å². The van der Waals surface area contributed by atoms with Crippen LogP contribution in [0.1, 0.15) is 22.3 Å². The first-order chi connectivity index (χ1) is 16.7. The van der Waals surface area contributed by atoms with Crippen LogP contribution in [0.25, 0.3) is 24.3 Å². The van der Waals surface area contributed by atoms with Crippen LogP contribution in [-0.2, 0) is 14.9 Å². The van der Waals surface area contributed by atoms with Crippen molar-refractivity contribution in [3.05, 3.63) is 144 Å². The largest absolute Gasteiger partial charge is 1.00 e. The molecule has 0 spiro atoms. The van der Waals surface area contributed by atoms with Crippen molar-refractivity contribution >= 4 is 40.3 Å². The molecule has 7 heteroatoms. The Hall–Kier alpha value is -3.26. The number of carbonyl (C=O) groups is 1. The van der Waals surface area contributed by atoms with Gasteiger partial charge in [-0.15, -0.1) is 0 Å². The summed E-state index contributed by atoms with van der Waals surface area (Å²) in [5, 5.41) is 0.641. The van der Waals surface area contributed by atoms with Gasteiger partial charge in [-0.2, -0.15) is 0 Å². The maximum absolute atomic E-state index is 10.3. The monoisotopic (exact) mass is 509 g/mol. The van der Waals surface area contributed by atoms with Gasteiger partial charge in [0.15, 0.2) is 0 Å². The van der Waals surface area contributed by atoms with Gasteiger partial charge in [0.1, 0.15) is 10.1 Å². The van der Waals surface area contributed by atoms with Gasteiger partial charge in [0.25, 0.3) is 0 Å². The summed E-state index contributed by atoms with van der Waals surface area (Å²) < 4.78 is 30.5. The molecule has 0 fully saturated rings. The maximum Gasteiger partial charge on any atom is 1.00 e. The van der Waals surface area contributed by atoms with Gasteiger partial charge in [-0.1, -0.05) is 128 Å². The number of carbonyl (C=O) groups excluding carboxylic acids is 1. The average molecular weight is 510 g/mol. The molecule has 0 bridgehead atoms. The number of hydrogen-bond acceptors (Lipinski definition) is 4. The van der Waals surface area contributed by atoms with E-state index in [1.807, 2.05) is 78.9 Å². The number of hydrogen-bond donors (Lipinski definition) is 1. The van der Waals surface area contributed by atoms with Gasteiger partial charge >= 0.3 is 29.6 Å². The van der Waals surface area contributed by atoms with Gasteiger partial charge in [-0.3, -0.25) is 4.79 Å². The second-order valence-corrected chi connectivity index (χ2v) is 8.03. The topological polar surface area (TPSA) is 100 Å². The smallest absolute Gasteiger partial charge is 0.744 e. The number of nitrogens with two attached hydrogens (primary N) is 1. The molecule has 3 aromatic rings. The van der Waals surface area contributed by atoms with Crippen molar-refractivity contribution in [2.45, 2.75) is 0 Å². The minimum Gasteiger partial charge on any atom is -0.744 e. The van der Waals surface area contributed by atoms with E-state index in [0.29, 0.717) is 11.0 Å². The van der Waals surface area contributed by atoms with Crippen molar-refractivity contribution in [1.82, 2.24) is 0 Å². The number of rotatable bonds is 7. The summed E-state index contributed by atoms with van der Waals surface area (Å²) in [6.45, 7) is 7.38. The standard InChI is InChI=1S/C11H11NO.C10H10.C8H8O3S.Na/c12-11(13)9-5-4-8-10-6-2-1-3-7-10;1-3-9-7-5-6-8-10(9)4-2;9-12(10,11)7-6-8-4-2-1-3-5-8;/h1-9H,(H2,12,13);3-8H,1-2H2;1-7H,(H,9,10,11);/q;;;+1/p-1. The Morgan fingerprint density at radius 3 is 1.53 bits per heavy atom. The summed E-state index contributed by atoms with van der Waals surface area (Å²) in [5.74, 6) is -0.433. The van der Waals surface area contributed by atoms with E-state index in [9.17, 15) is 17.8 Å². The Balaban J connectivity index is 0.000000507. The zero-order chi connectivity index (χ0) is 25.9. The summed E-state index contributed by atoms with van der Waals surface area (Å²) in [6.07, 6.45) is 11.5. The fraction of sp³-hybridized carbons (Fsp3) is 0. The van der Waals surface area contributed by atoms with Crippen molar-refractivity contribution in [3.63, 3.8) is 0 Å². The first-order valence-electron chi connectivity index (χ1n) is 10.5. The molecule has 0 atom stereocenters. The van der Waals surface area contributed by atoms with Crippen molar-refractivity contribution in [1.29, 1.82) is 0 Å². The Kier molecular flexibility index (Phi) is 17.3. The summed E-state index contributed by atoms with van der Waals surface area (Å²) in [7, 11) is -4.25. The number of benzene rings is 3. The molecule has 0 aliphatic heterocycles. The molecular formula is C29H28NNaO4S. The normalized spacial score (nSPS) is 10.5. The third-order valence-corrected chi connectivity index (χ3v) is 4.59. The molecule has 0 radical (unpaired) electrons. The Morgan fingerprint density at radius 2 is 1.14 bits per heavy atom.